The molecule has 3 rings (SSSR count). The van der Waals surface area contributed by atoms with Gasteiger partial charge in [-0.15, -0.1) is 11.8 Å². The zero-order valence-electron chi connectivity index (χ0n) is 18.0. The number of aryl methyl sites for hydroxylation is 1. The van der Waals surface area contributed by atoms with Gasteiger partial charge in [-0.2, -0.15) is 0 Å². The molecule has 0 saturated carbocycles. The summed E-state index contributed by atoms with van der Waals surface area (Å²) in [6.07, 6.45) is 0. The van der Waals surface area contributed by atoms with Crippen molar-refractivity contribution >= 4 is 17.7 Å². The van der Waals surface area contributed by atoms with Crippen LogP contribution in [-0.4, -0.2) is 19.1 Å². The number of hydrogen-bond donors (Lipinski definition) is 1. The Labute approximate surface area is 183 Å². The number of carbonyl (C=O) groups is 1. The molecule has 1 N–H and O–H groups in total. The summed E-state index contributed by atoms with van der Waals surface area (Å²) < 4.78 is 11.3. The van der Waals surface area contributed by atoms with Gasteiger partial charge in [-0.25, -0.2) is 0 Å². The summed E-state index contributed by atoms with van der Waals surface area (Å²) in [5, 5.41) is 2.83. The van der Waals surface area contributed by atoms with E-state index in [0.29, 0.717) is 24.7 Å². The molecule has 158 valence electrons. The lowest BCUT2D eigenvalue weighted by Gasteiger charge is -2.20. The van der Waals surface area contributed by atoms with Gasteiger partial charge < -0.3 is 14.5 Å². The Morgan fingerprint density at radius 3 is 2.57 bits per heavy atom. The summed E-state index contributed by atoms with van der Waals surface area (Å²) in [5.41, 5.74) is 2.67. The van der Waals surface area contributed by atoms with Crippen molar-refractivity contribution in [2.24, 2.45) is 0 Å². The van der Waals surface area contributed by atoms with E-state index in [1.165, 1.54) is 16.0 Å². The Bertz CT molecular complexity index is 974. The molecule has 5 heteroatoms. The van der Waals surface area contributed by atoms with Crippen molar-refractivity contribution in [1.82, 2.24) is 5.32 Å². The van der Waals surface area contributed by atoms with Crippen LogP contribution in [0.1, 0.15) is 48.2 Å². The van der Waals surface area contributed by atoms with Crippen molar-refractivity contribution in [3.05, 3.63) is 83.3 Å². The molecule has 0 unspecified atom stereocenters. The fourth-order valence-corrected chi connectivity index (χ4v) is 3.84. The van der Waals surface area contributed by atoms with Crippen LogP contribution in [0, 0.1) is 6.92 Å². The van der Waals surface area contributed by atoms with Crippen LogP contribution in [0.4, 0.5) is 0 Å². The molecule has 0 aliphatic heterocycles. The summed E-state index contributed by atoms with van der Waals surface area (Å²) in [6, 6.07) is 19.7. The normalized spacial score (nSPS) is 11.3. The third-order valence-corrected chi connectivity index (χ3v) is 5.89. The molecule has 0 aliphatic carbocycles. The number of carbonyl (C=O) groups excluding carboxylic acids is 1. The quantitative estimate of drug-likeness (QED) is 0.357. The number of thioether (sulfide) groups is 1. The number of benzene rings is 2. The van der Waals surface area contributed by atoms with Crippen LogP contribution in [0.5, 0.6) is 5.75 Å². The smallest absolute Gasteiger partial charge is 0.287 e. The van der Waals surface area contributed by atoms with Gasteiger partial charge in [0.1, 0.15) is 18.1 Å². The number of furan rings is 1. The number of hydrogen-bond acceptors (Lipinski definition) is 4. The average Bonchev–Trinajstić information content (AvgIpc) is 3.19. The first-order valence-corrected chi connectivity index (χ1v) is 11.1. The first-order valence-electron chi connectivity index (χ1n) is 10.1. The molecule has 0 saturated heterocycles. The minimum Gasteiger partial charge on any atom is -0.492 e. The van der Waals surface area contributed by atoms with E-state index in [4.69, 9.17) is 9.15 Å². The van der Waals surface area contributed by atoms with Gasteiger partial charge in [-0.3, -0.25) is 4.79 Å². The summed E-state index contributed by atoms with van der Waals surface area (Å²) in [6.45, 7) is 9.59. The lowest BCUT2D eigenvalue weighted by Crippen LogP contribution is -2.27. The van der Waals surface area contributed by atoms with Crippen LogP contribution in [0.15, 0.2) is 70.0 Å². The Morgan fingerprint density at radius 1 is 1.07 bits per heavy atom. The van der Waals surface area contributed by atoms with Crippen molar-refractivity contribution in [2.75, 3.05) is 13.2 Å². The lowest BCUT2D eigenvalue weighted by molar-refractivity contribution is 0.0918. The maximum atomic E-state index is 12.3. The molecular weight excluding hydrogens is 394 g/mol. The molecule has 3 aromatic rings. The highest BCUT2D eigenvalue weighted by atomic mass is 32.2. The van der Waals surface area contributed by atoms with E-state index >= 15 is 0 Å². The minimum atomic E-state index is -0.228. The molecule has 1 amide bonds. The van der Waals surface area contributed by atoms with Crippen molar-refractivity contribution < 1.29 is 13.9 Å². The summed E-state index contributed by atoms with van der Waals surface area (Å²) in [7, 11) is 0. The van der Waals surface area contributed by atoms with Crippen molar-refractivity contribution in [1.29, 1.82) is 0 Å². The maximum absolute atomic E-state index is 12.3. The van der Waals surface area contributed by atoms with E-state index in [0.717, 1.165) is 11.5 Å². The van der Waals surface area contributed by atoms with E-state index < -0.39 is 0 Å². The van der Waals surface area contributed by atoms with Crippen LogP contribution in [0.3, 0.4) is 0 Å². The monoisotopic (exact) mass is 423 g/mol. The third-order valence-electron chi connectivity index (χ3n) is 4.71. The fourth-order valence-electron chi connectivity index (χ4n) is 2.89. The summed E-state index contributed by atoms with van der Waals surface area (Å²) in [4.78, 5) is 13.5. The standard InChI is InChI=1S/C25H29NO3S/c1-18-10-11-19(25(2,3)4)16-23(18)30-17-21-12-13-22(29-21)24(27)26-14-15-28-20-8-6-5-7-9-20/h5-13,16H,14-15,17H2,1-4H3,(H,26,27). The molecule has 0 spiro atoms. The maximum Gasteiger partial charge on any atom is 0.287 e. The molecule has 0 aliphatic rings. The fraction of sp³-hybridized carbons (Fsp3) is 0.320. The third kappa shape index (κ3) is 6.17. The van der Waals surface area contributed by atoms with Crippen molar-refractivity contribution in [3.8, 4) is 5.75 Å². The van der Waals surface area contributed by atoms with Gasteiger partial charge in [-0.1, -0.05) is 51.1 Å². The minimum absolute atomic E-state index is 0.114. The molecule has 1 heterocycles. The van der Waals surface area contributed by atoms with E-state index in [1.54, 1.807) is 17.8 Å². The van der Waals surface area contributed by atoms with Gasteiger partial charge in [0.25, 0.3) is 5.91 Å². The molecule has 2 aromatic carbocycles. The van der Waals surface area contributed by atoms with Crippen molar-refractivity contribution in [2.45, 2.75) is 43.8 Å². The van der Waals surface area contributed by atoms with Gasteiger partial charge in [-0.05, 0) is 53.8 Å². The predicted molar refractivity (Wildman–Crippen MR) is 122 cm³/mol. The van der Waals surface area contributed by atoms with Gasteiger partial charge >= 0.3 is 0 Å². The molecule has 0 radical (unpaired) electrons. The lowest BCUT2D eigenvalue weighted by atomic mass is 9.87. The van der Waals surface area contributed by atoms with Crippen molar-refractivity contribution in [3.63, 3.8) is 0 Å². The second-order valence-corrected chi connectivity index (χ2v) is 9.22. The molecule has 4 nitrogen and oxygen atoms in total. The Balaban J connectivity index is 1.49. The number of rotatable bonds is 8. The largest absolute Gasteiger partial charge is 0.492 e. The number of para-hydroxylation sites is 1. The van der Waals surface area contributed by atoms with Gasteiger partial charge in [0.15, 0.2) is 5.76 Å². The van der Waals surface area contributed by atoms with Gasteiger partial charge in [0.2, 0.25) is 0 Å². The molecule has 0 bridgehead atoms. The molecule has 1 aromatic heterocycles. The highest BCUT2D eigenvalue weighted by Crippen LogP contribution is 2.31. The number of nitrogens with one attached hydrogen (secondary N) is 1. The van der Waals surface area contributed by atoms with Crippen LogP contribution in [-0.2, 0) is 11.2 Å². The second kappa shape index (κ2) is 9.90. The Kier molecular flexibility index (Phi) is 7.27. The topological polar surface area (TPSA) is 51.5 Å². The molecule has 0 atom stereocenters. The summed E-state index contributed by atoms with van der Waals surface area (Å²) in [5.74, 6) is 2.35. The highest BCUT2D eigenvalue weighted by Gasteiger charge is 2.16. The van der Waals surface area contributed by atoms with Gasteiger partial charge in [0, 0.05) is 4.90 Å². The molecule has 0 fully saturated rings. The SMILES string of the molecule is Cc1ccc(C(C)(C)C)cc1SCc1ccc(C(=O)NCCOc2ccccc2)o1. The summed E-state index contributed by atoms with van der Waals surface area (Å²) >= 11 is 1.73. The highest BCUT2D eigenvalue weighted by molar-refractivity contribution is 7.98. The van der Waals surface area contributed by atoms with Crippen LogP contribution >= 0.6 is 11.8 Å². The van der Waals surface area contributed by atoms with Crippen LogP contribution < -0.4 is 10.1 Å². The molecule has 30 heavy (non-hydrogen) atoms. The van der Waals surface area contributed by atoms with E-state index in [9.17, 15) is 4.79 Å². The molecular formula is C25H29NO3S. The van der Waals surface area contributed by atoms with E-state index in [1.807, 2.05) is 36.4 Å². The predicted octanol–water partition coefficient (Wildman–Crippen LogP) is 5.99. The van der Waals surface area contributed by atoms with Crippen LogP contribution in [0.25, 0.3) is 0 Å². The first-order chi connectivity index (χ1) is 14.3. The average molecular weight is 424 g/mol. The first kappa shape index (κ1) is 22.0. The number of amides is 1. The second-order valence-electron chi connectivity index (χ2n) is 8.20. The van der Waals surface area contributed by atoms with E-state index in [-0.39, 0.29) is 11.3 Å². The Hall–Kier alpha value is -2.66. The number of ether oxygens (including phenoxy) is 1. The van der Waals surface area contributed by atoms with Crippen LogP contribution in [0.2, 0.25) is 0 Å². The Morgan fingerprint density at radius 2 is 1.83 bits per heavy atom. The zero-order valence-corrected chi connectivity index (χ0v) is 18.8. The zero-order chi connectivity index (χ0) is 21.6. The van der Waals surface area contributed by atoms with Gasteiger partial charge in [0.05, 0.1) is 12.3 Å². The van der Waals surface area contributed by atoms with E-state index in [2.05, 4.69) is 51.2 Å².